The Bertz CT molecular complexity index is 892. The maximum absolute atomic E-state index is 14.4. The van der Waals surface area contributed by atoms with Gasteiger partial charge in [0.15, 0.2) is 5.13 Å². The number of hydrogen-bond acceptors (Lipinski definition) is 7. The second kappa shape index (κ2) is 10.5. The first-order chi connectivity index (χ1) is 14.0. The van der Waals surface area contributed by atoms with Gasteiger partial charge in [-0.1, -0.05) is 18.0 Å². The van der Waals surface area contributed by atoms with E-state index < -0.39 is 20.7 Å². The van der Waals surface area contributed by atoms with Gasteiger partial charge < -0.3 is 16.0 Å². The Morgan fingerprint density at radius 3 is 2.76 bits per heavy atom. The Morgan fingerprint density at radius 1 is 1.28 bits per heavy atom. The van der Waals surface area contributed by atoms with Crippen molar-refractivity contribution in [3.05, 3.63) is 34.5 Å². The molecule has 1 aromatic carbocycles. The van der Waals surface area contributed by atoms with Crippen LogP contribution in [0, 0.1) is 5.82 Å². The van der Waals surface area contributed by atoms with Crippen LogP contribution in [-0.4, -0.2) is 45.6 Å². The quantitative estimate of drug-likeness (QED) is 0.362. The number of halogens is 2. The molecule has 1 unspecified atom stereocenters. The molecular formula is C18H25ClFN5O2S2. The molecule has 1 saturated heterocycles. The minimum Gasteiger partial charge on any atom is -0.384 e. The highest BCUT2D eigenvalue weighted by Gasteiger charge is 2.22. The van der Waals surface area contributed by atoms with Gasteiger partial charge >= 0.3 is 0 Å². The van der Waals surface area contributed by atoms with Gasteiger partial charge in [-0.2, -0.15) is 0 Å². The first-order valence-corrected chi connectivity index (χ1v) is 12.3. The first-order valence-electron chi connectivity index (χ1n) is 9.55. The molecule has 7 nitrogen and oxygen atoms in total. The lowest BCUT2D eigenvalue weighted by molar-refractivity contribution is 0.353. The van der Waals surface area contributed by atoms with E-state index in [2.05, 4.69) is 25.7 Å². The molecule has 4 N–H and O–H groups in total. The summed E-state index contributed by atoms with van der Waals surface area (Å²) in [5.74, 6) is -0.866. The van der Waals surface area contributed by atoms with E-state index in [1.54, 1.807) is 5.38 Å². The predicted molar refractivity (Wildman–Crippen MR) is 116 cm³/mol. The molecule has 11 heteroatoms. The fourth-order valence-electron chi connectivity index (χ4n) is 2.89. The molecule has 0 saturated carbocycles. The van der Waals surface area contributed by atoms with Gasteiger partial charge in [-0.15, -0.1) is 11.3 Å². The number of unbranched alkanes of at least 4 members (excludes halogenated alkanes) is 2. The van der Waals surface area contributed by atoms with Crippen molar-refractivity contribution in [1.29, 1.82) is 0 Å². The molecule has 0 bridgehead atoms. The highest BCUT2D eigenvalue weighted by molar-refractivity contribution is 7.93. The average molecular weight is 462 g/mol. The number of nitrogens with zero attached hydrogens (tertiary/aromatic N) is 1. The number of benzene rings is 1. The minimum absolute atomic E-state index is 0.153. The SMILES string of the molecule is O=S(=O)(Nc1nccs1)c1cc(Cl)c(NCCCCCNCC2CCN2)cc1F. The number of aromatic nitrogens is 1. The second-order valence-corrected chi connectivity index (χ2v) is 9.79. The monoisotopic (exact) mass is 461 g/mol. The average Bonchev–Trinajstić information content (AvgIpc) is 3.13. The van der Waals surface area contributed by atoms with Crippen molar-refractivity contribution < 1.29 is 12.8 Å². The summed E-state index contributed by atoms with van der Waals surface area (Å²) in [5.41, 5.74) is 0.381. The van der Waals surface area contributed by atoms with Crippen molar-refractivity contribution in [1.82, 2.24) is 15.6 Å². The molecule has 3 rings (SSSR count). The molecule has 160 valence electrons. The molecule has 0 spiro atoms. The molecule has 1 aliphatic heterocycles. The lowest BCUT2D eigenvalue weighted by atomic mass is 10.1. The molecule has 2 aromatic rings. The van der Waals surface area contributed by atoms with Crippen LogP contribution in [0.3, 0.4) is 0 Å². The van der Waals surface area contributed by atoms with Gasteiger partial charge in [-0.25, -0.2) is 17.8 Å². The summed E-state index contributed by atoms with van der Waals surface area (Å²) in [6.45, 7) is 3.75. The van der Waals surface area contributed by atoms with Gasteiger partial charge in [0.1, 0.15) is 10.7 Å². The summed E-state index contributed by atoms with van der Waals surface area (Å²) in [5, 5.41) is 11.8. The van der Waals surface area contributed by atoms with E-state index in [1.807, 2.05) is 0 Å². The van der Waals surface area contributed by atoms with Crippen LogP contribution < -0.4 is 20.7 Å². The molecule has 1 aromatic heterocycles. The standard InChI is InChI=1S/C18H25ClFN5O2S2/c19-14-10-17(29(26,27)25-18-24-8-9-28-18)15(20)11-16(14)23-6-3-1-2-5-21-12-13-4-7-22-13/h8-11,13,21-23H,1-7,12H2,(H,24,25). The van der Waals surface area contributed by atoms with E-state index in [9.17, 15) is 12.8 Å². The lowest BCUT2D eigenvalue weighted by Gasteiger charge is -2.27. The molecule has 1 atom stereocenters. The van der Waals surface area contributed by atoms with E-state index in [1.165, 1.54) is 12.6 Å². The summed E-state index contributed by atoms with van der Waals surface area (Å²) >= 11 is 7.28. The topological polar surface area (TPSA) is 95.2 Å². The van der Waals surface area contributed by atoms with Crippen molar-refractivity contribution in [2.75, 3.05) is 36.2 Å². The number of thiazole rings is 1. The van der Waals surface area contributed by atoms with E-state index in [4.69, 9.17) is 11.6 Å². The van der Waals surface area contributed by atoms with Crippen molar-refractivity contribution in [2.24, 2.45) is 0 Å². The second-order valence-electron chi connectivity index (χ2n) is 6.84. The van der Waals surface area contributed by atoms with Gasteiger partial charge in [-0.3, -0.25) is 4.72 Å². The third kappa shape index (κ3) is 6.51. The highest BCUT2D eigenvalue weighted by Crippen LogP contribution is 2.29. The normalized spacial score (nSPS) is 16.4. The lowest BCUT2D eigenvalue weighted by Crippen LogP contribution is -2.49. The van der Waals surface area contributed by atoms with Crippen LogP contribution in [0.4, 0.5) is 15.2 Å². The number of hydrogen-bond donors (Lipinski definition) is 4. The fourth-order valence-corrected chi connectivity index (χ4v) is 5.06. The first kappa shape index (κ1) is 22.2. The maximum atomic E-state index is 14.4. The number of sulfonamides is 1. The summed E-state index contributed by atoms with van der Waals surface area (Å²) in [7, 11) is -4.10. The van der Waals surface area contributed by atoms with Crippen LogP contribution >= 0.6 is 22.9 Å². The summed E-state index contributed by atoms with van der Waals surface area (Å²) < 4.78 is 41.4. The Labute approximate surface area is 179 Å². The zero-order valence-electron chi connectivity index (χ0n) is 15.9. The van der Waals surface area contributed by atoms with Crippen LogP contribution in [0.5, 0.6) is 0 Å². The largest absolute Gasteiger partial charge is 0.384 e. The number of nitrogens with one attached hydrogen (secondary N) is 4. The Kier molecular flexibility index (Phi) is 8.07. The van der Waals surface area contributed by atoms with Crippen molar-refractivity contribution >= 4 is 43.8 Å². The van der Waals surface area contributed by atoms with E-state index >= 15 is 0 Å². The van der Waals surface area contributed by atoms with Crippen LogP contribution in [0.15, 0.2) is 28.6 Å². The van der Waals surface area contributed by atoms with Gasteiger partial charge in [-0.05, 0) is 44.5 Å². The van der Waals surface area contributed by atoms with Gasteiger partial charge in [0.2, 0.25) is 0 Å². The van der Waals surface area contributed by atoms with Gasteiger partial charge in [0.25, 0.3) is 10.0 Å². The van der Waals surface area contributed by atoms with Crippen molar-refractivity contribution in [3.63, 3.8) is 0 Å². The van der Waals surface area contributed by atoms with Crippen molar-refractivity contribution in [3.8, 4) is 0 Å². The molecule has 0 aliphatic carbocycles. The molecule has 2 heterocycles. The van der Waals surface area contributed by atoms with E-state index in [0.717, 1.165) is 62.4 Å². The third-order valence-electron chi connectivity index (χ3n) is 4.63. The molecule has 1 fully saturated rings. The van der Waals surface area contributed by atoms with Crippen LogP contribution in [0.2, 0.25) is 5.02 Å². The summed E-state index contributed by atoms with van der Waals surface area (Å²) in [4.78, 5) is 3.34. The molecular weight excluding hydrogens is 437 g/mol. The number of anilines is 2. The predicted octanol–water partition coefficient (Wildman–Crippen LogP) is 3.27. The molecule has 0 amide bonds. The molecule has 0 radical (unpaired) electrons. The Balaban J connectivity index is 1.44. The molecule has 29 heavy (non-hydrogen) atoms. The van der Waals surface area contributed by atoms with Crippen molar-refractivity contribution in [2.45, 2.75) is 36.6 Å². The number of rotatable bonds is 12. The zero-order valence-corrected chi connectivity index (χ0v) is 18.3. The third-order valence-corrected chi connectivity index (χ3v) is 7.11. The summed E-state index contributed by atoms with van der Waals surface area (Å²) in [6.07, 6.45) is 5.71. The van der Waals surface area contributed by atoms with E-state index in [-0.39, 0.29) is 10.2 Å². The Hall–Kier alpha value is -1.46. The zero-order chi connectivity index (χ0) is 20.7. The van der Waals surface area contributed by atoms with E-state index in [0.29, 0.717) is 18.3 Å². The van der Waals surface area contributed by atoms with Crippen LogP contribution in [0.1, 0.15) is 25.7 Å². The maximum Gasteiger partial charge on any atom is 0.266 e. The smallest absolute Gasteiger partial charge is 0.266 e. The summed E-state index contributed by atoms with van der Waals surface area (Å²) in [6, 6.07) is 2.86. The van der Waals surface area contributed by atoms with Gasteiger partial charge in [0, 0.05) is 30.7 Å². The molecule has 1 aliphatic rings. The van der Waals surface area contributed by atoms with Gasteiger partial charge in [0.05, 0.1) is 10.7 Å². The van der Waals surface area contributed by atoms with Crippen LogP contribution in [0.25, 0.3) is 0 Å². The fraction of sp³-hybridized carbons (Fsp3) is 0.500. The van der Waals surface area contributed by atoms with Crippen LogP contribution in [-0.2, 0) is 10.0 Å². The highest BCUT2D eigenvalue weighted by atomic mass is 35.5. The minimum atomic E-state index is -4.10. The Morgan fingerprint density at radius 2 is 2.07 bits per heavy atom.